The number of piperidine rings is 1. The van der Waals surface area contributed by atoms with Crippen molar-refractivity contribution in [3.05, 3.63) is 35.4 Å². The molecule has 0 spiro atoms. The van der Waals surface area contributed by atoms with Gasteiger partial charge in [-0.05, 0) is 36.3 Å². The molecule has 0 unspecified atom stereocenters. The number of aryl methyl sites for hydroxylation is 1. The number of likely N-dealkylation sites (tertiary alicyclic amines) is 1. The molecule has 29 heavy (non-hydrogen) atoms. The Morgan fingerprint density at radius 1 is 0.966 bits per heavy atom. The third-order valence-electron chi connectivity index (χ3n) is 6.15. The van der Waals surface area contributed by atoms with E-state index in [9.17, 15) is 9.59 Å². The van der Waals surface area contributed by atoms with E-state index in [0.717, 1.165) is 44.8 Å². The second-order valence-electron chi connectivity index (χ2n) is 9.00. The summed E-state index contributed by atoms with van der Waals surface area (Å²) in [6.45, 7) is 13.2. The lowest BCUT2D eigenvalue weighted by Gasteiger charge is -2.38. The standard InChI is InChI=1S/C23H36N4O2/c1-18-12-19(2)15-27(14-18)23(29)17-26-10-8-25(9-11-26)16-22(28)24-13-21-7-5-4-6-20(21)3/h4-7,18-19H,8-17H2,1-3H3,(H,24,28)/t18-,19-/m0/s1. The molecule has 6 nitrogen and oxygen atoms in total. The minimum Gasteiger partial charge on any atom is -0.351 e. The van der Waals surface area contributed by atoms with Crippen LogP contribution in [0.4, 0.5) is 0 Å². The Bertz CT molecular complexity index is 690. The monoisotopic (exact) mass is 400 g/mol. The van der Waals surface area contributed by atoms with Gasteiger partial charge in [0.1, 0.15) is 0 Å². The predicted molar refractivity (Wildman–Crippen MR) is 115 cm³/mol. The highest BCUT2D eigenvalue weighted by Gasteiger charge is 2.27. The summed E-state index contributed by atoms with van der Waals surface area (Å²) in [6, 6.07) is 8.12. The van der Waals surface area contributed by atoms with Crippen molar-refractivity contribution in [3.8, 4) is 0 Å². The van der Waals surface area contributed by atoms with Crippen molar-refractivity contribution in [3.63, 3.8) is 0 Å². The van der Waals surface area contributed by atoms with Gasteiger partial charge < -0.3 is 10.2 Å². The first-order valence-corrected chi connectivity index (χ1v) is 10.9. The van der Waals surface area contributed by atoms with Gasteiger partial charge in [-0.2, -0.15) is 0 Å². The first-order valence-electron chi connectivity index (χ1n) is 10.9. The molecule has 0 bridgehead atoms. The lowest BCUT2D eigenvalue weighted by molar-refractivity contribution is -0.135. The summed E-state index contributed by atoms with van der Waals surface area (Å²) in [4.78, 5) is 31.4. The van der Waals surface area contributed by atoms with Gasteiger partial charge >= 0.3 is 0 Å². The molecule has 2 amide bonds. The van der Waals surface area contributed by atoms with E-state index in [-0.39, 0.29) is 11.8 Å². The summed E-state index contributed by atoms with van der Waals surface area (Å²) in [6.07, 6.45) is 1.22. The lowest BCUT2D eigenvalue weighted by atomic mass is 9.92. The molecule has 0 aromatic heterocycles. The maximum absolute atomic E-state index is 12.7. The molecule has 2 fully saturated rings. The quantitative estimate of drug-likeness (QED) is 0.790. The van der Waals surface area contributed by atoms with Gasteiger partial charge in [0.15, 0.2) is 0 Å². The number of benzene rings is 1. The van der Waals surface area contributed by atoms with E-state index in [1.165, 1.54) is 12.0 Å². The predicted octanol–water partition coefficient (Wildman–Crippen LogP) is 1.73. The van der Waals surface area contributed by atoms with E-state index in [1.807, 2.05) is 17.0 Å². The van der Waals surface area contributed by atoms with Gasteiger partial charge in [-0.25, -0.2) is 0 Å². The molecule has 2 aliphatic heterocycles. The zero-order chi connectivity index (χ0) is 20.8. The van der Waals surface area contributed by atoms with Gasteiger partial charge in [0.2, 0.25) is 11.8 Å². The number of amides is 2. The average molecular weight is 401 g/mol. The fourth-order valence-electron chi connectivity index (χ4n) is 4.52. The van der Waals surface area contributed by atoms with Crippen LogP contribution in [0, 0.1) is 18.8 Å². The minimum atomic E-state index is 0.0640. The number of hydrogen-bond acceptors (Lipinski definition) is 4. The summed E-state index contributed by atoms with van der Waals surface area (Å²) in [5.41, 5.74) is 2.36. The van der Waals surface area contributed by atoms with Crippen molar-refractivity contribution in [2.75, 3.05) is 52.4 Å². The van der Waals surface area contributed by atoms with Crippen LogP contribution in [0.1, 0.15) is 31.4 Å². The maximum Gasteiger partial charge on any atom is 0.236 e. The topological polar surface area (TPSA) is 55.9 Å². The minimum absolute atomic E-state index is 0.0640. The second kappa shape index (κ2) is 10.2. The van der Waals surface area contributed by atoms with Crippen molar-refractivity contribution in [2.24, 2.45) is 11.8 Å². The van der Waals surface area contributed by atoms with E-state index < -0.39 is 0 Å². The van der Waals surface area contributed by atoms with Crippen LogP contribution in [-0.4, -0.2) is 78.9 Å². The van der Waals surface area contributed by atoms with E-state index >= 15 is 0 Å². The first kappa shape index (κ1) is 21.8. The smallest absolute Gasteiger partial charge is 0.236 e. The summed E-state index contributed by atoms with van der Waals surface area (Å²) in [5, 5.41) is 3.03. The molecule has 2 aliphatic rings. The van der Waals surface area contributed by atoms with E-state index in [0.29, 0.717) is 31.5 Å². The van der Waals surface area contributed by atoms with Gasteiger partial charge in [-0.1, -0.05) is 38.1 Å². The highest BCUT2D eigenvalue weighted by atomic mass is 16.2. The number of rotatable bonds is 6. The van der Waals surface area contributed by atoms with Crippen LogP contribution in [0.2, 0.25) is 0 Å². The number of carbonyl (C=O) groups is 2. The van der Waals surface area contributed by atoms with E-state index in [2.05, 4.69) is 48.0 Å². The van der Waals surface area contributed by atoms with Crippen LogP contribution < -0.4 is 5.32 Å². The van der Waals surface area contributed by atoms with Crippen LogP contribution in [-0.2, 0) is 16.1 Å². The molecule has 3 rings (SSSR count). The molecule has 2 saturated heterocycles. The average Bonchev–Trinajstić information content (AvgIpc) is 2.68. The molecular weight excluding hydrogens is 364 g/mol. The van der Waals surface area contributed by atoms with Crippen LogP contribution in [0.15, 0.2) is 24.3 Å². The summed E-state index contributed by atoms with van der Waals surface area (Å²) in [7, 11) is 0. The third kappa shape index (κ3) is 6.54. The lowest BCUT2D eigenvalue weighted by Crippen LogP contribution is -2.53. The number of nitrogens with one attached hydrogen (secondary N) is 1. The Morgan fingerprint density at radius 3 is 2.17 bits per heavy atom. The van der Waals surface area contributed by atoms with Gasteiger partial charge in [0.05, 0.1) is 13.1 Å². The number of nitrogens with zero attached hydrogens (tertiary/aromatic N) is 3. The number of piperazine rings is 1. The maximum atomic E-state index is 12.7. The molecule has 1 N–H and O–H groups in total. The molecule has 160 valence electrons. The zero-order valence-electron chi connectivity index (χ0n) is 18.2. The van der Waals surface area contributed by atoms with E-state index in [1.54, 1.807) is 0 Å². The van der Waals surface area contributed by atoms with Crippen molar-refractivity contribution in [1.29, 1.82) is 0 Å². The van der Waals surface area contributed by atoms with Crippen LogP contribution >= 0.6 is 0 Å². The summed E-state index contributed by atoms with van der Waals surface area (Å²) in [5.74, 6) is 1.51. The van der Waals surface area contributed by atoms with Crippen molar-refractivity contribution in [2.45, 2.75) is 33.7 Å². The molecular formula is C23H36N4O2. The fraction of sp³-hybridized carbons (Fsp3) is 0.652. The van der Waals surface area contributed by atoms with Gasteiger partial charge in [0, 0.05) is 45.8 Å². The largest absolute Gasteiger partial charge is 0.351 e. The third-order valence-corrected chi connectivity index (χ3v) is 6.15. The highest BCUT2D eigenvalue weighted by molar-refractivity contribution is 5.79. The number of hydrogen-bond donors (Lipinski definition) is 1. The molecule has 1 aromatic carbocycles. The Hall–Kier alpha value is -1.92. The summed E-state index contributed by atoms with van der Waals surface area (Å²) < 4.78 is 0. The van der Waals surface area contributed by atoms with Crippen molar-refractivity contribution < 1.29 is 9.59 Å². The molecule has 6 heteroatoms. The number of carbonyl (C=O) groups excluding carboxylic acids is 2. The SMILES string of the molecule is Cc1ccccc1CNC(=O)CN1CCN(CC(=O)N2C[C@@H](C)C[C@H](C)C2)CC1. The molecule has 0 radical (unpaired) electrons. The molecule has 0 saturated carbocycles. The van der Waals surface area contributed by atoms with Crippen molar-refractivity contribution in [1.82, 2.24) is 20.0 Å². The van der Waals surface area contributed by atoms with Crippen LogP contribution in [0.25, 0.3) is 0 Å². The van der Waals surface area contributed by atoms with Gasteiger partial charge in [-0.15, -0.1) is 0 Å². The molecule has 2 atom stereocenters. The Balaban J connectivity index is 1.36. The fourth-order valence-corrected chi connectivity index (χ4v) is 4.52. The van der Waals surface area contributed by atoms with Crippen molar-refractivity contribution >= 4 is 11.8 Å². The molecule has 2 heterocycles. The van der Waals surface area contributed by atoms with Gasteiger partial charge in [0.25, 0.3) is 0 Å². The first-order chi connectivity index (χ1) is 13.9. The highest BCUT2D eigenvalue weighted by Crippen LogP contribution is 2.21. The summed E-state index contributed by atoms with van der Waals surface area (Å²) >= 11 is 0. The van der Waals surface area contributed by atoms with Gasteiger partial charge in [-0.3, -0.25) is 19.4 Å². The Morgan fingerprint density at radius 2 is 1.55 bits per heavy atom. The molecule has 0 aliphatic carbocycles. The normalized spacial score (nSPS) is 23.8. The Kier molecular flexibility index (Phi) is 7.67. The zero-order valence-corrected chi connectivity index (χ0v) is 18.2. The second-order valence-corrected chi connectivity index (χ2v) is 9.00. The van der Waals surface area contributed by atoms with E-state index in [4.69, 9.17) is 0 Å². The molecule has 1 aromatic rings. The van der Waals surface area contributed by atoms with Crippen LogP contribution in [0.3, 0.4) is 0 Å². The Labute approximate surface area is 175 Å². The van der Waals surface area contributed by atoms with Crippen LogP contribution in [0.5, 0.6) is 0 Å².